The Bertz CT molecular complexity index is 786. The number of hydrogen-bond acceptors (Lipinski definition) is 6. The van der Waals surface area contributed by atoms with Crippen molar-refractivity contribution >= 4 is 11.7 Å². The monoisotopic (exact) mass is 368 g/mol. The Balaban J connectivity index is 1.43. The summed E-state index contributed by atoms with van der Waals surface area (Å²) in [5.41, 5.74) is 2.24. The predicted octanol–water partition coefficient (Wildman–Crippen LogP) is 2.21. The minimum absolute atomic E-state index is 0.0500. The summed E-state index contributed by atoms with van der Waals surface area (Å²) in [6.45, 7) is 2.22. The smallest absolute Gasteiger partial charge is 0.253 e. The van der Waals surface area contributed by atoms with E-state index in [1.165, 1.54) is 12.8 Å². The molecule has 1 atom stereocenters. The van der Waals surface area contributed by atoms with Gasteiger partial charge >= 0.3 is 0 Å². The molecule has 7 heteroatoms. The van der Waals surface area contributed by atoms with E-state index in [4.69, 9.17) is 9.47 Å². The summed E-state index contributed by atoms with van der Waals surface area (Å²) in [6, 6.07) is 11.9. The van der Waals surface area contributed by atoms with E-state index >= 15 is 0 Å². The molecule has 2 fully saturated rings. The van der Waals surface area contributed by atoms with E-state index in [-0.39, 0.29) is 12.0 Å². The van der Waals surface area contributed by atoms with Crippen LogP contribution in [0.1, 0.15) is 23.2 Å². The lowest BCUT2D eigenvalue weighted by atomic mass is 10.1. The standard InChI is InChI=1S/C20H24N4O3/c1-24(12-17-13-26-9-10-27-17)20(25)15-4-2-3-14(11-15)18-7-8-19(23-22-18)21-16-5-6-16/h2-4,7-8,11,16-17H,5-6,9-10,12-13H2,1H3,(H,21,23)/t17-/m1/s1. The Labute approximate surface area is 158 Å². The highest BCUT2D eigenvalue weighted by Crippen LogP contribution is 2.24. The quantitative estimate of drug-likeness (QED) is 0.842. The Kier molecular flexibility index (Phi) is 5.31. The Morgan fingerprint density at radius 2 is 2.11 bits per heavy atom. The molecule has 1 amide bonds. The zero-order valence-corrected chi connectivity index (χ0v) is 15.4. The van der Waals surface area contributed by atoms with Gasteiger partial charge in [-0.05, 0) is 37.1 Å². The zero-order chi connectivity index (χ0) is 18.6. The molecule has 0 bridgehead atoms. The minimum Gasteiger partial charge on any atom is -0.376 e. The molecule has 2 heterocycles. The average Bonchev–Trinajstić information content (AvgIpc) is 3.53. The van der Waals surface area contributed by atoms with Gasteiger partial charge in [-0.3, -0.25) is 4.79 Å². The SMILES string of the molecule is CN(C[C@@H]1COCCO1)C(=O)c1cccc(-c2ccc(NC3CC3)nn2)c1. The number of nitrogens with one attached hydrogen (secondary N) is 1. The number of amides is 1. The third-order valence-electron chi connectivity index (χ3n) is 4.71. The maximum atomic E-state index is 12.8. The molecule has 27 heavy (non-hydrogen) atoms. The maximum absolute atomic E-state index is 12.8. The van der Waals surface area contributed by atoms with Gasteiger partial charge in [0, 0.05) is 30.8 Å². The van der Waals surface area contributed by atoms with E-state index < -0.39 is 0 Å². The molecule has 0 radical (unpaired) electrons. The lowest BCUT2D eigenvalue weighted by Gasteiger charge is -2.27. The highest BCUT2D eigenvalue weighted by molar-refractivity contribution is 5.95. The number of ether oxygens (including phenoxy) is 2. The van der Waals surface area contributed by atoms with Crippen LogP contribution in [-0.4, -0.2) is 66.6 Å². The topological polar surface area (TPSA) is 76.6 Å². The van der Waals surface area contributed by atoms with Gasteiger partial charge in [-0.1, -0.05) is 12.1 Å². The first-order valence-electron chi connectivity index (χ1n) is 9.34. The number of rotatable bonds is 6. The number of carbonyl (C=O) groups excluding carboxylic acids is 1. The Hall–Kier alpha value is -2.51. The number of hydrogen-bond donors (Lipinski definition) is 1. The second-order valence-corrected chi connectivity index (χ2v) is 7.06. The molecular formula is C20H24N4O3. The third-order valence-corrected chi connectivity index (χ3v) is 4.71. The largest absolute Gasteiger partial charge is 0.376 e. The molecule has 2 aliphatic rings. The Morgan fingerprint density at radius 3 is 2.81 bits per heavy atom. The van der Waals surface area contributed by atoms with Gasteiger partial charge in [-0.25, -0.2) is 0 Å². The molecule has 0 unspecified atom stereocenters. The fourth-order valence-electron chi connectivity index (χ4n) is 3.06. The molecule has 1 aromatic carbocycles. The molecule has 4 rings (SSSR count). The van der Waals surface area contributed by atoms with Crippen LogP contribution in [0.15, 0.2) is 36.4 Å². The van der Waals surface area contributed by atoms with Gasteiger partial charge in [0.05, 0.1) is 31.6 Å². The third kappa shape index (κ3) is 4.61. The molecule has 0 spiro atoms. The first-order valence-corrected chi connectivity index (χ1v) is 9.34. The summed E-state index contributed by atoms with van der Waals surface area (Å²) in [5, 5.41) is 11.9. The minimum atomic E-state index is -0.0757. The zero-order valence-electron chi connectivity index (χ0n) is 15.4. The lowest BCUT2D eigenvalue weighted by molar-refractivity contribution is -0.0933. The van der Waals surface area contributed by atoms with E-state index in [1.807, 2.05) is 36.4 Å². The molecule has 1 aliphatic carbocycles. The van der Waals surface area contributed by atoms with Gasteiger partial charge < -0.3 is 19.7 Å². The summed E-state index contributed by atoms with van der Waals surface area (Å²) in [6.07, 6.45) is 2.31. The maximum Gasteiger partial charge on any atom is 0.253 e. The van der Waals surface area contributed by atoms with Crippen LogP contribution in [0.4, 0.5) is 5.82 Å². The van der Waals surface area contributed by atoms with Gasteiger partial charge in [0.25, 0.3) is 5.91 Å². The van der Waals surface area contributed by atoms with Gasteiger partial charge in [-0.15, -0.1) is 10.2 Å². The van der Waals surface area contributed by atoms with Crippen molar-refractivity contribution in [1.82, 2.24) is 15.1 Å². The number of carbonyl (C=O) groups is 1. The molecule has 1 saturated heterocycles. The van der Waals surface area contributed by atoms with Crippen LogP contribution >= 0.6 is 0 Å². The second-order valence-electron chi connectivity index (χ2n) is 7.06. The van der Waals surface area contributed by atoms with Crippen molar-refractivity contribution in [3.05, 3.63) is 42.0 Å². The average molecular weight is 368 g/mol. The fraction of sp³-hybridized carbons (Fsp3) is 0.450. The molecule has 1 saturated carbocycles. The normalized spacial score (nSPS) is 19.5. The Morgan fingerprint density at radius 1 is 1.22 bits per heavy atom. The molecule has 1 aliphatic heterocycles. The predicted molar refractivity (Wildman–Crippen MR) is 102 cm³/mol. The second kappa shape index (κ2) is 8.02. The molecule has 142 valence electrons. The van der Waals surface area contributed by atoms with Crippen LogP contribution in [0.3, 0.4) is 0 Å². The molecule has 2 aromatic rings. The van der Waals surface area contributed by atoms with Crippen LogP contribution in [0, 0.1) is 0 Å². The summed E-state index contributed by atoms with van der Waals surface area (Å²) in [7, 11) is 1.78. The van der Waals surface area contributed by atoms with Crippen LogP contribution in [0.25, 0.3) is 11.3 Å². The van der Waals surface area contributed by atoms with Gasteiger partial charge in [0.1, 0.15) is 5.82 Å². The van der Waals surface area contributed by atoms with E-state index in [1.54, 1.807) is 11.9 Å². The number of anilines is 1. The van der Waals surface area contributed by atoms with Crippen molar-refractivity contribution in [2.24, 2.45) is 0 Å². The van der Waals surface area contributed by atoms with Crippen LogP contribution in [-0.2, 0) is 9.47 Å². The van der Waals surface area contributed by atoms with E-state index in [9.17, 15) is 4.79 Å². The van der Waals surface area contributed by atoms with Gasteiger partial charge in [0.15, 0.2) is 0 Å². The van der Waals surface area contributed by atoms with Crippen LogP contribution < -0.4 is 5.32 Å². The summed E-state index contributed by atoms with van der Waals surface area (Å²) in [5.74, 6) is 0.744. The highest BCUT2D eigenvalue weighted by atomic mass is 16.6. The van der Waals surface area contributed by atoms with E-state index in [0.717, 1.165) is 17.1 Å². The molecular weight excluding hydrogens is 344 g/mol. The number of benzene rings is 1. The van der Waals surface area contributed by atoms with Crippen molar-refractivity contribution in [2.75, 3.05) is 38.7 Å². The first-order chi connectivity index (χ1) is 13.2. The number of aromatic nitrogens is 2. The summed E-state index contributed by atoms with van der Waals surface area (Å²) >= 11 is 0. The molecule has 1 N–H and O–H groups in total. The van der Waals surface area contributed by atoms with Crippen LogP contribution in [0.2, 0.25) is 0 Å². The van der Waals surface area contributed by atoms with Crippen molar-refractivity contribution in [2.45, 2.75) is 25.0 Å². The number of nitrogens with zero attached hydrogens (tertiary/aromatic N) is 3. The van der Waals surface area contributed by atoms with E-state index in [2.05, 4.69) is 15.5 Å². The van der Waals surface area contributed by atoms with Crippen molar-refractivity contribution in [1.29, 1.82) is 0 Å². The van der Waals surface area contributed by atoms with Gasteiger partial charge in [0.2, 0.25) is 0 Å². The summed E-state index contributed by atoms with van der Waals surface area (Å²) in [4.78, 5) is 14.4. The summed E-state index contributed by atoms with van der Waals surface area (Å²) < 4.78 is 11.0. The van der Waals surface area contributed by atoms with Gasteiger partial charge in [-0.2, -0.15) is 0 Å². The highest BCUT2D eigenvalue weighted by Gasteiger charge is 2.22. The van der Waals surface area contributed by atoms with Crippen molar-refractivity contribution in [3.63, 3.8) is 0 Å². The van der Waals surface area contributed by atoms with Crippen molar-refractivity contribution in [3.8, 4) is 11.3 Å². The molecule has 7 nitrogen and oxygen atoms in total. The van der Waals surface area contributed by atoms with Crippen LogP contribution in [0.5, 0.6) is 0 Å². The lowest BCUT2D eigenvalue weighted by Crippen LogP contribution is -2.40. The van der Waals surface area contributed by atoms with Crippen molar-refractivity contribution < 1.29 is 14.3 Å². The van der Waals surface area contributed by atoms with E-state index in [0.29, 0.717) is 38.0 Å². The number of likely N-dealkylation sites (N-methyl/N-ethyl adjacent to an activating group) is 1. The fourth-order valence-corrected chi connectivity index (χ4v) is 3.06. The molecule has 1 aromatic heterocycles. The first kappa shape index (κ1) is 17.9.